The van der Waals surface area contributed by atoms with Crippen LogP contribution in [0, 0.1) is 0 Å². The number of hydrogen-bond acceptors (Lipinski definition) is 6. The first-order valence-electron chi connectivity index (χ1n) is 8.73. The first-order chi connectivity index (χ1) is 13.8. The molecule has 3 aromatic heterocycles. The van der Waals surface area contributed by atoms with Gasteiger partial charge in [-0.05, 0) is 40.8 Å². The van der Waals surface area contributed by atoms with Gasteiger partial charge < -0.3 is 4.42 Å². The van der Waals surface area contributed by atoms with Crippen LogP contribution in [-0.2, 0) is 0 Å². The number of rotatable bonds is 5. The molecule has 4 nitrogen and oxygen atoms in total. The fraction of sp³-hybridized carbons (Fsp3) is 0. The zero-order chi connectivity index (χ0) is 18.8. The minimum absolute atomic E-state index is 0.730. The first-order valence-corrected chi connectivity index (χ1v) is 10.4. The van der Waals surface area contributed by atoms with Gasteiger partial charge in [0.2, 0.25) is 5.13 Å². The van der Waals surface area contributed by atoms with Crippen molar-refractivity contribution in [3.63, 3.8) is 0 Å². The first kappa shape index (κ1) is 16.9. The summed E-state index contributed by atoms with van der Waals surface area (Å²) in [6.07, 6.45) is 3.60. The van der Waals surface area contributed by atoms with Gasteiger partial charge in [0.1, 0.15) is 11.3 Å². The standard InChI is InChI=1S/C22H15N3OS2/c1-2-5-15(6-3-1)16-8-9-19-17(11-16)12-20(26-19)21-14-23-22(28-21)25-24-13-18-7-4-10-27-18/h1-14H,(H,23,25)/b24-13-. The third-order valence-electron chi connectivity index (χ3n) is 4.27. The van der Waals surface area contributed by atoms with E-state index in [1.807, 2.05) is 48.0 Å². The van der Waals surface area contributed by atoms with E-state index >= 15 is 0 Å². The Labute approximate surface area is 169 Å². The lowest BCUT2D eigenvalue weighted by Crippen LogP contribution is -1.87. The minimum atomic E-state index is 0.730. The lowest BCUT2D eigenvalue weighted by atomic mass is 10.0. The number of aromatic nitrogens is 1. The van der Waals surface area contributed by atoms with Crippen molar-refractivity contribution in [1.29, 1.82) is 0 Å². The molecule has 2 aromatic carbocycles. The molecule has 0 saturated carbocycles. The lowest BCUT2D eigenvalue weighted by Gasteiger charge is -2.00. The molecule has 0 saturated heterocycles. The van der Waals surface area contributed by atoms with Crippen LogP contribution >= 0.6 is 22.7 Å². The van der Waals surface area contributed by atoms with E-state index in [0.29, 0.717) is 0 Å². The average Bonchev–Trinajstić information content (AvgIpc) is 3.48. The van der Waals surface area contributed by atoms with Gasteiger partial charge in [0.15, 0.2) is 0 Å². The molecule has 0 unspecified atom stereocenters. The van der Waals surface area contributed by atoms with Crippen molar-refractivity contribution in [2.45, 2.75) is 0 Å². The van der Waals surface area contributed by atoms with Crippen molar-refractivity contribution in [3.05, 3.63) is 83.2 Å². The third-order valence-corrected chi connectivity index (χ3v) is 5.99. The molecule has 5 rings (SSSR count). The maximum absolute atomic E-state index is 6.03. The second-order valence-corrected chi connectivity index (χ2v) is 8.15. The van der Waals surface area contributed by atoms with E-state index < -0.39 is 0 Å². The monoisotopic (exact) mass is 401 g/mol. The van der Waals surface area contributed by atoms with Gasteiger partial charge in [-0.25, -0.2) is 4.98 Å². The van der Waals surface area contributed by atoms with Crippen LogP contribution in [0.5, 0.6) is 0 Å². The van der Waals surface area contributed by atoms with Crippen LogP contribution in [0.2, 0.25) is 0 Å². The number of fused-ring (bicyclic) bond motifs is 1. The second-order valence-electron chi connectivity index (χ2n) is 6.14. The number of anilines is 1. The molecule has 3 heterocycles. The predicted molar refractivity (Wildman–Crippen MR) is 118 cm³/mol. The van der Waals surface area contributed by atoms with E-state index in [9.17, 15) is 0 Å². The van der Waals surface area contributed by atoms with Gasteiger partial charge in [-0.15, -0.1) is 11.3 Å². The number of nitrogens with one attached hydrogen (secondary N) is 1. The van der Waals surface area contributed by atoms with E-state index in [2.05, 4.69) is 45.8 Å². The van der Waals surface area contributed by atoms with E-state index in [4.69, 9.17) is 4.42 Å². The summed E-state index contributed by atoms with van der Waals surface area (Å²) in [6.45, 7) is 0. The number of furan rings is 1. The molecule has 28 heavy (non-hydrogen) atoms. The Balaban J connectivity index is 1.38. The third kappa shape index (κ3) is 3.47. The van der Waals surface area contributed by atoms with Crippen molar-refractivity contribution in [1.82, 2.24) is 4.98 Å². The summed E-state index contributed by atoms with van der Waals surface area (Å²) in [5, 5.41) is 8.06. The number of nitrogens with zero attached hydrogens (tertiary/aromatic N) is 2. The van der Waals surface area contributed by atoms with Crippen molar-refractivity contribution in [3.8, 4) is 21.8 Å². The van der Waals surface area contributed by atoms with Crippen LogP contribution in [0.1, 0.15) is 4.88 Å². The second kappa shape index (κ2) is 7.42. The molecule has 0 atom stereocenters. The highest BCUT2D eigenvalue weighted by atomic mass is 32.1. The van der Waals surface area contributed by atoms with Gasteiger partial charge in [-0.3, -0.25) is 5.43 Å². The van der Waals surface area contributed by atoms with Gasteiger partial charge >= 0.3 is 0 Å². The van der Waals surface area contributed by atoms with E-state index in [1.54, 1.807) is 17.6 Å². The largest absolute Gasteiger partial charge is 0.455 e. The summed E-state index contributed by atoms with van der Waals surface area (Å²) in [5.74, 6) is 0.813. The summed E-state index contributed by atoms with van der Waals surface area (Å²) < 4.78 is 6.03. The highest BCUT2D eigenvalue weighted by molar-refractivity contribution is 7.18. The summed E-state index contributed by atoms with van der Waals surface area (Å²) in [6, 6.07) is 22.7. The zero-order valence-corrected chi connectivity index (χ0v) is 16.3. The maximum atomic E-state index is 6.03. The van der Waals surface area contributed by atoms with Crippen LogP contribution in [0.4, 0.5) is 5.13 Å². The SMILES string of the molecule is C(=N/Nc1ncc(-c2cc3cc(-c4ccccc4)ccc3o2)s1)/c1cccs1. The molecule has 0 bridgehead atoms. The maximum Gasteiger partial charge on any atom is 0.203 e. The van der Waals surface area contributed by atoms with Crippen LogP contribution in [0.15, 0.2) is 87.8 Å². The Morgan fingerprint density at radius 3 is 2.75 bits per heavy atom. The normalized spacial score (nSPS) is 11.4. The predicted octanol–water partition coefficient (Wildman–Crippen LogP) is 6.73. The minimum Gasteiger partial charge on any atom is -0.455 e. The van der Waals surface area contributed by atoms with Gasteiger partial charge in [-0.2, -0.15) is 5.10 Å². The van der Waals surface area contributed by atoms with Crippen LogP contribution in [0.3, 0.4) is 0 Å². The molecular formula is C22H15N3OS2. The van der Waals surface area contributed by atoms with Crippen LogP contribution in [-0.4, -0.2) is 11.2 Å². The number of benzene rings is 2. The summed E-state index contributed by atoms with van der Waals surface area (Å²) in [7, 11) is 0. The quantitative estimate of drug-likeness (QED) is 0.262. The fourth-order valence-electron chi connectivity index (χ4n) is 2.93. The Kier molecular flexibility index (Phi) is 4.48. The van der Waals surface area contributed by atoms with Gasteiger partial charge in [0, 0.05) is 10.3 Å². The zero-order valence-electron chi connectivity index (χ0n) is 14.7. The average molecular weight is 402 g/mol. The van der Waals surface area contributed by atoms with Crippen LogP contribution in [0.25, 0.3) is 32.7 Å². The lowest BCUT2D eigenvalue weighted by molar-refractivity contribution is 0.633. The molecule has 0 amide bonds. The molecule has 0 fully saturated rings. The Morgan fingerprint density at radius 1 is 0.964 bits per heavy atom. The molecule has 6 heteroatoms. The Hall–Kier alpha value is -3.22. The highest BCUT2D eigenvalue weighted by Gasteiger charge is 2.11. The van der Waals surface area contributed by atoms with Crippen molar-refractivity contribution in [2.24, 2.45) is 5.10 Å². The topological polar surface area (TPSA) is 50.4 Å². The molecule has 5 aromatic rings. The molecule has 136 valence electrons. The molecule has 0 aliphatic rings. The number of thiazole rings is 1. The molecule has 0 radical (unpaired) electrons. The van der Waals surface area contributed by atoms with Crippen molar-refractivity contribution >= 4 is 45.0 Å². The number of hydrogen-bond donors (Lipinski definition) is 1. The van der Waals surface area contributed by atoms with Gasteiger partial charge in [-0.1, -0.05) is 53.8 Å². The number of hydrazone groups is 1. The molecule has 0 spiro atoms. The van der Waals surface area contributed by atoms with Gasteiger partial charge in [0.05, 0.1) is 17.3 Å². The Bertz CT molecular complexity index is 1240. The summed E-state index contributed by atoms with van der Waals surface area (Å²) in [5.41, 5.74) is 6.22. The molecular weight excluding hydrogens is 386 g/mol. The van der Waals surface area contributed by atoms with E-state index in [1.165, 1.54) is 22.5 Å². The van der Waals surface area contributed by atoms with E-state index in [-0.39, 0.29) is 0 Å². The molecule has 1 N–H and O–H groups in total. The Morgan fingerprint density at radius 2 is 1.89 bits per heavy atom. The summed E-state index contributed by atoms with van der Waals surface area (Å²) in [4.78, 5) is 6.44. The number of thiophene rings is 1. The molecule has 0 aliphatic carbocycles. The van der Waals surface area contributed by atoms with Crippen molar-refractivity contribution in [2.75, 3.05) is 5.43 Å². The molecule has 0 aliphatic heterocycles. The van der Waals surface area contributed by atoms with Crippen LogP contribution < -0.4 is 5.43 Å². The fourth-order valence-corrected chi connectivity index (χ4v) is 4.23. The van der Waals surface area contributed by atoms with Crippen molar-refractivity contribution < 1.29 is 4.42 Å². The van der Waals surface area contributed by atoms with E-state index in [0.717, 1.165) is 31.6 Å². The summed E-state index contributed by atoms with van der Waals surface area (Å²) >= 11 is 3.15. The smallest absolute Gasteiger partial charge is 0.203 e. The van der Waals surface area contributed by atoms with Gasteiger partial charge in [0.25, 0.3) is 0 Å². The highest BCUT2D eigenvalue weighted by Crippen LogP contribution is 2.34.